The number of nitrogens with one attached hydrogen (secondary N) is 1. The van der Waals surface area contributed by atoms with E-state index in [2.05, 4.69) is 59.4 Å². The lowest BCUT2D eigenvalue weighted by molar-refractivity contribution is 0.338. The Morgan fingerprint density at radius 1 is 1.27 bits per heavy atom. The van der Waals surface area contributed by atoms with Crippen molar-refractivity contribution in [2.75, 3.05) is 38.7 Å². The van der Waals surface area contributed by atoms with Gasteiger partial charge in [-0.1, -0.05) is 50.3 Å². The molecule has 1 heterocycles. The number of guanidine groups is 1. The highest BCUT2D eigenvalue weighted by molar-refractivity contribution is 7.90. The van der Waals surface area contributed by atoms with Crippen molar-refractivity contribution in [3.63, 3.8) is 0 Å². The number of rotatable bonds is 6. The molecule has 6 heteroatoms. The Hall–Kier alpha value is -1.82. The second kappa shape index (κ2) is 8.71. The molecule has 0 saturated carbocycles. The molecule has 1 aliphatic rings. The molecule has 1 aromatic rings. The lowest BCUT2D eigenvalue weighted by Gasteiger charge is -2.32. The molecule has 26 heavy (non-hydrogen) atoms. The molecule has 144 valence electrons. The summed E-state index contributed by atoms with van der Waals surface area (Å²) >= 11 is 0. The van der Waals surface area contributed by atoms with Gasteiger partial charge in [-0.05, 0) is 29.4 Å². The molecular formula is C20H31N3O2S. The van der Waals surface area contributed by atoms with Crippen molar-refractivity contribution < 1.29 is 8.42 Å². The summed E-state index contributed by atoms with van der Waals surface area (Å²) < 4.78 is 22.8. The fourth-order valence-corrected chi connectivity index (χ4v) is 3.90. The lowest BCUT2D eigenvalue weighted by Crippen LogP contribution is -2.46. The van der Waals surface area contributed by atoms with E-state index >= 15 is 0 Å². The zero-order valence-electron chi connectivity index (χ0n) is 16.3. The molecule has 2 rings (SSSR count). The van der Waals surface area contributed by atoms with Crippen LogP contribution in [0.4, 0.5) is 0 Å². The minimum Gasteiger partial charge on any atom is -0.356 e. The first kappa shape index (κ1) is 20.5. The van der Waals surface area contributed by atoms with Crippen LogP contribution >= 0.6 is 0 Å². The van der Waals surface area contributed by atoms with Gasteiger partial charge < -0.3 is 10.2 Å². The number of hydrogen-bond acceptors (Lipinski definition) is 3. The zero-order valence-corrected chi connectivity index (χ0v) is 17.1. The maximum absolute atomic E-state index is 11.4. The van der Waals surface area contributed by atoms with Crippen molar-refractivity contribution in [1.29, 1.82) is 0 Å². The number of nitrogens with zero attached hydrogens (tertiary/aromatic N) is 2. The number of benzene rings is 1. The Labute approximate surface area is 158 Å². The molecule has 0 saturated heterocycles. The summed E-state index contributed by atoms with van der Waals surface area (Å²) in [5.74, 6) is 1.09. The molecule has 0 aromatic heterocycles. The van der Waals surface area contributed by atoms with Crippen LogP contribution in [0.5, 0.6) is 0 Å². The van der Waals surface area contributed by atoms with Crippen molar-refractivity contribution in [2.24, 2.45) is 10.4 Å². The van der Waals surface area contributed by atoms with Gasteiger partial charge in [0.15, 0.2) is 5.96 Å². The summed E-state index contributed by atoms with van der Waals surface area (Å²) in [4.78, 5) is 6.64. The van der Waals surface area contributed by atoms with E-state index < -0.39 is 9.84 Å². The van der Waals surface area contributed by atoms with Crippen LogP contribution in [0.3, 0.4) is 0 Å². The van der Waals surface area contributed by atoms with Crippen molar-refractivity contribution >= 4 is 21.4 Å². The van der Waals surface area contributed by atoms with Gasteiger partial charge in [0.05, 0.1) is 5.75 Å². The molecule has 0 fully saturated rings. The van der Waals surface area contributed by atoms with Crippen LogP contribution in [0.2, 0.25) is 0 Å². The van der Waals surface area contributed by atoms with E-state index in [1.54, 1.807) is 7.05 Å². The molecule has 0 aliphatic carbocycles. The summed E-state index contributed by atoms with van der Waals surface area (Å²) in [6, 6.07) is 10.5. The van der Waals surface area contributed by atoms with Crippen LogP contribution in [0.25, 0.3) is 5.57 Å². The second-order valence-corrected chi connectivity index (χ2v) is 10.00. The second-order valence-electron chi connectivity index (χ2n) is 7.74. The highest BCUT2D eigenvalue weighted by atomic mass is 32.2. The van der Waals surface area contributed by atoms with Gasteiger partial charge in [-0.2, -0.15) is 0 Å². The molecule has 0 amide bonds. The Morgan fingerprint density at radius 2 is 1.96 bits per heavy atom. The summed E-state index contributed by atoms with van der Waals surface area (Å²) in [5.41, 5.74) is 2.56. The van der Waals surface area contributed by atoms with Gasteiger partial charge in [-0.15, -0.1) is 0 Å². The van der Waals surface area contributed by atoms with Crippen LogP contribution in [0, 0.1) is 5.41 Å². The number of sulfone groups is 1. The van der Waals surface area contributed by atoms with Gasteiger partial charge in [0.2, 0.25) is 0 Å². The molecule has 0 spiro atoms. The first-order valence-electron chi connectivity index (χ1n) is 9.08. The van der Waals surface area contributed by atoms with Gasteiger partial charge in [0, 0.05) is 32.9 Å². The van der Waals surface area contributed by atoms with Gasteiger partial charge in [-0.3, -0.25) is 4.99 Å². The maximum atomic E-state index is 11.4. The van der Waals surface area contributed by atoms with Gasteiger partial charge in [0.25, 0.3) is 0 Å². The van der Waals surface area contributed by atoms with E-state index in [4.69, 9.17) is 0 Å². The predicted molar refractivity (Wildman–Crippen MR) is 110 cm³/mol. The quantitative estimate of drug-likeness (QED) is 0.612. The fraction of sp³-hybridized carbons (Fsp3) is 0.550. The molecule has 0 bridgehead atoms. The minimum absolute atomic E-state index is 0.111. The average molecular weight is 378 g/mol. The highest BCUT2D eigenvalue weighted by Gasteiger charge is 2.22. The Balaban J connectivity index is 1.91. The summed E-state index contributed by atoms with van der Waals surface area (Å²) in [6.07, 6.45) is 5.18. The van der Waals surface area contributed by atoms with Crippen LogP contribution in [-0.2, 0) is 9.84 Å². The zero-order chi connectivity index (χ0) is 19.2. The number of hydrogen-bond donors (Lipinski definition) is 1. The summed E-state index contributed by atoms with van der Waals surface area (Å²) in [6.45, 7) is 6.61. The summed E-state index contributed by atoms with van der Waals surface area (Å²) in [7, 11) is -1.14. The van der Waals surface area contributed by atoms with Crippen molar-refractivity contribution in [1.82, 2.24) is 10.2 Å². The smallest absolute Gasteiger partial charge is 0.193 e. The average Bonchev–Trinajstić information content (AvgIpc) is 2.61. The van der Waals surface area contributed by atoms with Crippen molar-refractivity contribution in [3.05, 3.63) is 42.0 Å². The van der Waals surface area contributed by atoms with E-state index in [0.717, 1.165) is 25.5 Å². The van der Waals surface area contributed by atoms with Gasteiger partial charge in [-0.25, -0.2) is 8.42 Å². The maximum Gasteiger partial charge on any atom is 0.193 e. The Kier molecular flexibility index (Phi) is 6.87. The molecule has 1 aromatic carbocycles. The van der Waals surface area contributed by atoms with Crippen LogP contribution in [0.1, 0.15) is 32.3 Å². The lowest BCUT2D eigenvalue weighted by atomic mass is 9.90. The predicted octanol–water partition coefficient (Wildman–Crippen LogP) is 2.81. The van der Waals surface area contributed by atoms with E-state index in [1.165, 1.54) is 17.4 Å². The molecule has 0 unspecified atom stereocenters. The van der Waals surface area contributed by atoms with E-state index in [1.807, 2.05) is 6.07 Å². The van der Waals surface area contributed by atoms with Gasteiger partial charge in [0.1, 0.15) is 9.84 Å². The molecule has 1 N–H and O–H groups in total. The highest BCUT2D eigenvalue weighted by Crippen LogP contribution is 2.23. The minimum atomic E-state index is -2.93. The monoisotopic (exact) mass is 377 g/mol. The topological polar surface area (TPSA) is 61.8 Å². The number of aliphatic imine (C=N–C) groups is 1. The van der Waals surface area contributed by atoms with Crippen molar-refractivity contribution in [2.45, 2.75) is 26.7 Å². The van der Waals surface area contributed by atoms with E-state index in [9.17, 15) is 8.42 Å². The third-order valence-corrected chi connectivity index (χ3v) is 5.69. The SMILES string of the molecule is CN=C(NCC(C)(C)CCS(C)(=O)=O)N1CC=C(c2ccccc2)CC1. The third-order valence-electron chi connectivity index (χ3n) is 4.74. The molecule has 0 atom stereocenters. The molecule has 5 nitrogen and oxygen atoms in total. The van der Waals surface area contributed by atoms with Crippen LogP contribution in [0.15, 0.2) is 41.4 Å². The molecule has 0 radical (unpaired) electrons. The van der Waals surface area contributed by atoms with Gasteiger partial charge >= 0.3 is 0 Å². The normalized spacial score (nSPS) is 16.4. The third kappa shape index (κ3) is 6.48. The first-order chi connectivity index (χ1) is 12.2. The fourth-order valence-electron chi connectivity index (χ4n) is 2.98. The van der Waals surface area contributed by atoms with Crippen molar-refractivity contribution in [3.8, 4) is 0 Å². The largest absolute Gasteiger partial charge is 0.356 e. The van der Waals surface area contributed by atoms with E-state index in [-0.39, 0.29) is 11.2 Å². The molecule has 1 aliphatic heterocycles. The Bertz CT molecular complexity index is 753. The van der Waals surface area contributed by atoms with Crippen LogP contribution in [-0.4, -0.2) is 58.0 Å². The standard InChI is InChI=1S/C20H31N3O2S/c1-20(2,12-15-26(4,24)25)16-22-19(21-3)23-13-10-18(11-14-23)17-8-6-5-7-9-17/h5-10H,11-16H2,1-4H3,(H,21,22). The van der Waals surface area contributed by atoms with E-state index in [0.29, 0.717) is 13.0 Å². The first-order valence-corrected chi connectivity index (χ1v) is 11.1. The molecular weight excluding hydrogens is 346 g/mol. The van der Waals surface area contributed by atoms with Crippen LogP contribution < -0.4 is 5.32 Å². The summed E-state index contributed by atoms with van der Waals surface area (Å²) in [5, 5.41) is 3.42. The Morgan fingerprint density at radius 3 is 2.50 bits per heavy atom.